The highest BCUT2D eigenvalue weighted by Gasteiger charge is 2.17. The maximum Gasteiger partial charge on any atom is 0.268 e. The Morgan fingerprint density at radius 2 is 2.27 bits per heavy atom. The molecule has 1 fully saturated rings. The predicted octanol–water partition coefficient (Wildman–Crippen LogP) is 0.507. The number of rotatable bonds is 2. The largest absolute Gasteiger partial charge is 0.348 e. The van der Waals surface area contributed by atoms with Gasteiger partial charge in [0.25, 0.3) is 5.91 Å². The van der Waals surface area contributed by atoms with Crippen molar-refractivity contribution in [3.8, 4) is 0 Å². The Balaban J connectivity index is 1.94. The summed E-state index contributed by atoms with van der Waals surface area (Å²) in [6.07, 6.45) is 3.93. The van der Waals surface area contributed by atoms with Crippen molar-refractivity contribution in [2.24, 2.45) is 7.05 Å². The average molecular weight is 207 g/mol. The summed E-state index contributed by atoms with van der Waals surface area (Å²) < 4.78 is 1.84. The summed E-state index contributed by atoms with van der Waals surface area (Å²) in [6, 6.07) is 4.06. The van der Waals surface area contributed by atoms with Crippen LogP contribution in [0.5, 0.6) is 0 Å². The fourth-order valence-electron chi connectivity index (χ4n) is 1.92. The maximum absolute atomic E-state index is 11.8. The molecule has 0 aliphatic carbocycles. The van der Waals surface area contributed by atoms with Crippen molar-refractivity contribution >= 4 is 5.91 Å². The molecule has 15 heavy (non-hydrogen) atoms. The Bertz CT molecular complexity index is 339. The summed E-state index contributed by atoms with van der Waals surface area (Å²) in [5.74, 6) is 0.0365. The van der Waals surface area contributed by atoms with Crippen LogP contribution in [-0.2, 0) is 7.05 Å². The van der Waals surface area contributed by atoms with Gasteiger partial charge < -0.3 is 15.2 Å². The predicted molar refractivity (Wildman–Crippen MR) is 58.8 cm³/mol. The summed E-state index contributed by atoms with van der Waals surface area (Å²) in [5.41, 5.74) is 0.730. The quantitative estimate of drug-likeness (QED) is 0.742. The van der Waals surface area contributed by atoms with Gasteiger partial charge in [-0.15, -0.1) is 0 Å². The van der Waals surface area contributed by atoms with Gasteiger partial charge in [0.05, 0.1) is 0 Å². The van der Waals surface area contributed by atoms with Gasteiger partial charge in [0.2, 0.25) is 0 Å². The molecule has 2 heterocycles. The van der Waals surface area contributed by atoms with Gasteiger partial charge in [-0.1, -0.05) is 0 Å². The van der Waals surface area contributed by atoms with Crippen LogP contribution in [0.2, 0.25) is 0 Å². The minimum atomic E-state index is 0.0365. The van der Waals surface area contributed by atoms with Crippen LogP contribution in [0.25, 0.3) is 0 Å². The molecule has 1 aliphatic rings. The van der Waals surface area contributed by atoms with E-state index < -0.39 is 0 Å². The SMILES string of the molecule is Cn1cccc1C(=O)NC1CCNCC1. The van der Waals surface area contributed by atoms with Gasteiger partial charge in [-0.05, 0) is 38.1 Å². The van der Waals surface area contributed by atoms with Gasteiger partial charge in [-0.25, -0.2) is 0 Å². The lowest BCUT2D eigenvalue weighted by Crippen LogP contribution is -2.43. The van der Waals surface area contributed by atoms with E-state index in [4.69, 9.17) is 0 Å². The molecule has 0 radical (unpaired) electrons. The number of hydrogen-bond donors (Lipinski definition) is 2. The van der Waals surface area contributed by atoms with E-state index in [0.29, 0.717) is 6.04 Å². The summed E-state index contributed by atoms with van der Waals surface area (Å²) in [4.78, 5) is 11.8. The zero-order valence-corrected chi connectivity index (χ0v) is 8.99. The van der Waals surface area contributed by atoms with Crippen molar-refractivity contribution in [3.63, 3.8) is 0 Å². The van der Waals surface area contributed by atoms with Gasteiger partial charge in [-0.2, -0.15) is 0 Å². The van der Waals surface area contributed by atoms with Crippen LogP contribution in [0.1, 0.15) is 23.3 Å². The Morgan fingerprint density at radius 3 is 2.87 bits per heavy atom. The molecule has 4 nitrogen and oxygen atoms in total. The van der Waals surface area contributed by atoms with Gasteiger partial charge in [0.1, 0.15) is 5.69 Å². The van der Waals surface area contributed by atoms with E-state index in [-0.39, 0.29) is 5.91 Å². The molecule has 0 spiro atoms. The van der Waals surface area contributed by atoms with Crippen molar-refractivity contribution in [1.82, 2.24) is 15.2 Å². The molecule has 0 bridgehead atoms. The Morgan fingerprint density at radius 1 is 1.53 bits per heavy atom. The molecule has 4 heteroatoms. The molecule has 0 saturated carbocycles. The number of carbonyl (C=O) groups is 1. The van der Waals surface area contributed by atoms with E-state index in [1.54, 1.807) is 0 Å². The molecule has 1 saturated heterocycles. The van der Waals surface area contributed by atoms with Crippen molar-refractivity contribution in [2.75, 3.05) is 13.1 Å². The van der Waals surface area contributed by atoms with Crippen molar-refractivity contribution < 1.29 is 4.79 Å². The minimum absolute atomic E-state index is 0.0365. The van der Waals surface area contributed by atoms with Crippen LogP contribution in [-0.4, -0.2) is 29.6 Å². The van der Waals surface area contributed by atoms with Crippen LogP contribution in [0.4, 0.5) is 0 Å². The third kappa shape index (κ3) is 2.39. The number of nitrogens with one attached hydrogen (secondary N) is 2. The standard InChI is InChI=1S/C11H17N3O/c1-14-8-2-3-10(14)11(15)13-9-4-6-12-7-5-9/h2-3,8-9,12H,4-7H2,1H3,(H,13,15). The van der Waals surface area contributed by atoms with Gasteiger partial charge in [-0.3, -0.25) is 4.79 Å². The zero-order chi connectivity index (χ0) is 10.7. The van der Waals surface area contributed by atoms with Crippen molar-refractivity contribution in [3.05, 3.63) is 24.0 Å². The highest BCUT2D eigenvalue weighted by Crippen LogP contribution is 2.05. The molecule has 0 atom stereocenters. The fourth-order valence-corrected chi connectivity index (χ4v) is 1.92. The van der Waals surface area contributed by atoms with E-state index in [9.17, 15) is 4.79 Å². The van der Waals surface area contributed by atoms with E-state index in [0.717, 1.165) is 31.6 Å². The fraction of sp³-hybridized carbons (Fsp3) is 0.545. The first-order valence-electron chi connectivity index (χ1n) is 5.40. The minimum Gasteiger partial charge on any atom is -0.348 e. The first-order chi connectivity index (χ1) is 7.27. The number of amides is 1. The zero-order valence-electron chi connectivity index (χ0n) is 8.99. The van der Waals surface area contributed by atoms with Crippen LogP contribution in [0.15, 0.2) is 18.3 Å². The first-order valence-corrected chi connectivity index (χ1v) is 5.40. The molecule has 0 aromatic carbocycles. The summed E-state index contributed by atoms with van der Waals surface area (Å²) in [5, 5.41) is 6.34. The van der Waals surface area contributed by atoms with E-state index >= 15 is 0 Å². The molecular weight excluding hydrogens is 190 g/mol. The molecule has 0 unspecified atom stereocenters. The molecule has 82 valence electrons. The normalized spacial score (nSPS) is 17.7. The van der Waals surface area contributed by atoms with Crippen LogP contribution >= 0.6 is 0 Å². The first kappa shape index (κ1) is 10.2. The summed E-state index contributed by atoms with van der Waals surface area (Å²) >= 11 is 0. The third-order valence-corrected chi connectivity index (χ3v) is 2.85. The molecule has 2 rings (SSSR count). The van der Waals surface area contributed by atoms with Gasteiger partial charge in [0.15, 0.2) is 0 Å². The van der Waals surface area contributed by atoms with Gasteiger partial charge >= 0.3 is 0 Å². The second-order valence-corrected chi connectivity index (χ2v) is 4.00. The smallest absolute Gasteiger partial charge is 0.268 e. The summed E-state index contributed by atoms with van der Waals surface area (Å²) in [6.45, 7) is 2.00. The molecular formula is C11H17N3O. The van der Waals surface area contributed by atoms with Crippen molar-refractivity contribution in [1.29, 1.82) is 0 Å². The van der Waals surface area contributed by atoms with Crippen LogP contribution in [0.3, 0.4) is 0 Å². The van der Waals surface area contributed by atoms with Crippen LogP contribution in [0, 0.1) is 0 Å². The number of aryl methyl sites for hydroxylation is 1. The highest BCUT2D eigenvalue weighted by atomic mass is 16.2. The average Bonchev–Trinajstić information content (AvgIpc) is 2.66. The van der Waals surface area contributed by atoms with Crippen molar-refractivity contribution in [2.45, 2.75) is 18.9 Å². The molecule has 2 N–H and O–H groups in total. The van der Waals surface area contributed by atoms with E-state index in [2.05, 4.69) is 10.6 Å². The molecule has 1 aromatic rings. The number of hydrogen-bond acceptors (Lipinski definition) is 2. The Hall–Kier alpha value is -1.29. The second-order valence-electron chi connectivity index (χ2n) is 4.00. The highest BCUT2D eigenvalue weighted by molar-refractivity contribution is 5.92. The number of nitrogens with zero attached hydrogens (tertiary/aromatic N) is 1. The molecule has 1 aliphatic heterocycles. The monoisotopic (exact) mass is 207 g/mol. The number of aromatic nitrogens is 1. The Labute approximate surface area is 89.7 Å². The maximum atomic E-state index is 11.8. The number of carbonyl (C=O) groups excluding carboxylic acids is 1. The third-order valence-electron chi connectivity index (χ3n) is 2.85. The molecule has 1 aromatic heterocycles. The lowest BCUT2D eigenvalue weighted by Gasteiger charge is -2.23. The Kier molecular flexibility index (Phi) is 3.06. The lowest BCUT2D eigenvalue weighted by molar-refractivity contribution is 0.0921. The lowest BCUT2D eigenvalue weighted by atomic mass is 10.1. The molecule has 1 amide bonds. The van der Waals surface area contributed by atoms with Gasteiger partial charge in [0, 0.05) is 19.3 Å². The van der Waals surface area contributed by atoms with E-state index in [1.165, 1.54) is 0 Å². The van der Waals surface area contributed by atoms with E-state index in [1.807, 2.05) is 29.9 Å². The number of piperidine rings is 1. The second kappa shape index (κ2) is 4.49. The summed E-state index contributed by atoms with van der Waals surface area (Å²) in [7, 11) is 1.89. The topological polar surface area (TPSA) is 46.1 Å². The van der Waals surface area contributed by atoms with Crippen LogP contribution < -0.4 is 10.6 Å².